The summed E-state index contributed by atoms with van der Waals surface area (Å²) in [6.07, 6.45) is 0. The molecule has 0 unspecified atom stereocenters. The third-order valence-electron chi connectivity index (χ3n) is 5.37. The Morgan fingerprint density at radius 2 is 1.51 bits per heavy atom. The molecule has 1 fully saturated rings. The van der Waals surface area contributed by atoms with Crippen LogP contribution in [0.2, 0.25) is 0 Å². The Morgan fingerprint density at radius 3 is 2.23 bits per heavy atom. The molecule has 9 nitrogen and oxygen atoms in total. The number of urea groups is 1. The maximum atomic E-state index is 12.5. The molecule has 0 radical (unpaired) electrons. The number of para-hydroxylation sites is 1. The number of anilines is 2. The summed E-state index contributed by atoms with van der Waals surface area (Å²) in [5.41, 5.74) is 1.39. The van der Waals surface area contributed by atoms with Crippen LogP contribution in [-0.4, -0.2) is 66.4 Å². The normalized spacial score (nSPS) is 13.1. The van der Waals surface area contributed by atoms with Crippen LogP contribution in [0.15, 0.2) is 72.1 Å². The second-order valence-electron chi connectivity index (χ2n) is 7.75. The highest BCUT2D eigenvalue weighted by molar-refractivity contribution is 7.12. The fraction of sp³-hybridized carbons (Fsp3) is 0.200. The van der Waals surface area contributed by atoms with Crippen molar-refractivity contribution in [3.05, 3.63) is 82.6 Å². The summed E-state index contributed by atoms with van der Waals surface area (Å²) in [5.74, 6) is -1.26. The molecule has 2 aromatic carbocycles. The number of hydrogen-bond acceptors (Lipinski definition) is 6. The first-order chi connectivity index (χ1) is 17.0. The average molecular weight is 493 g/mol. The van der Waals surface area contributed by atoms with Crippen molar-refractivity contribution in [3.63, 3.8) is 0 Å². The first kappa shape index (κ1) is 24.0. The number of carbonyl (C=O) groups is 4. The SMILES string of the molecule is O=C(OCC(=O)N1CCN(C(=O)Nc2ccccc2)CC1)c1cccc(NC(=O)c2cccs2)c1. The van der Waals surface area contributed by atoms with E-state index in [-0.39, 0.29) is 23.4 Å². The van der Waals surface area contributed by atoms with Crippen LogP contribution >= 0.6 is 11.3 Å². The van der Waals surface area contributed by atoms with Crippen LogP contribution in [0.3, 0.4) is 0 Å². The van der Waals surface area contributed by atoms with E-state index in [1.807, 2.05) is 18.2 Å². The Balaban J connectivity index is 1.23. The Kier molecular flexibility index (Phi) is 7.74. The van der Waals surface area contributed by atoms with Crippen molar-refractivity contribution < 1.29 is 23.9 Å². The molecule has 4 rings (SSSR count). The molecule has 2 heterocycles. The molecule has 0 aliphatic carbocycles. The molecule has 35 heavy (non-hydrogen) atoms. The number of hydrogen-bond donors (Lipinski definition) is 2. The minimum atomic E-state index is -0.661. The number of carbonyl (C=O) groups excluding carboxylic acids is 4. The van der Waals surface area contributed by atoms with E-state index in [9.17, 15) is 19.2 Å². The van der Waals surface area contributed by atoms with Gasteiger partial charge in [0.05, 0.1) is 10.4 Å². The third-order valence-corrected chi connectivity index (χ3v) is 6.24. The van der Waals surface area contributed by atoms with Crippen molar-refractivity contribution in [1.82, 2.24) is 9.80 Å². The summed E-state index contributed by atoms with van der Waals surface area (Å²) in [4.78, 5) is 53.3. The van der Waals surface area contributed by atoms with Crippen molar-refractivity contribution in [2.24, 2.45) is 0 Å². The lowest BCUT2D eigenvalue weighted by Gasteiger charge is -2.34. The quantitative estimate of drug-likeness (QED) is 0.512. The number of nitrogens with one attached hydrogen (secondary N) is 2. The fourth-order valence-corrected chi connectivity index (χ4v) is 4.13. The number of ether oxygens (including phenoxy) is 1. The molecule has 0 bridgehead atoms. The summed E-state index contributed by atoms with van der Waals surface area (Å²) >= 11 is 1.32. The number of esters is 1. The molecule has 180 valence electrons. The van der Waals surface area contributed by atoms with E-state index in [0.717, 1.165) is 0 Å². The second kappa shape index (κ2) is 11.3. The van der Waals surface area contributed by atoms with Gasteiger partial charge in [-0.15, -0.1) is 11.3 Å². The van der Waals surface area contributed by atoms with Crippen molar-refractivity contribution in [2.45, 2.75) is 0 Å². The second-order valence-corrected chi connectivity index (χ2v) is 8.70. The number of benzene rings is 2. The van der Waals surface area contributed by atoms with Gasteiger partial charge >= 0.3 is 12.0 Å². The van der Waals surface area contributed by atoms with Crippen molar-refractivity contribution in [3.8, 4) is 0 Å². The van der Waals surface area contributed by atoms with Gasteiger partial charge in [0, 0.05) is 37.6 Å². The standard InChI is InChI=1S/C25H24N4O5S/c30-22(28-11-13-29(14-12-28)25(33)27-19-7-2-1-3-8-19)17-34-24(32)18-6-4-9-20(16-18)26-23(31)21-10-5-15-35-21/h1-10,15-16H,11-14,17H2,(H,26,31)(H,27,33). The monoisotopic (exact) mass is 492 g/mol. The maximum absolute atomic E-state index is 12.5. The van der Waals surface area contributed by atoms with E-state index in [1.54, 1.807) is 57.6 Å². The first-order valence-corrected chi connectivity index (χ1v) is 11.9. The minimum absolute atomic E-state index is 0.222. The van der Waals surface area contributed by atoms with Crippen LogP contribution in [-0.2, 0) is 9.53 Å². The lowest BCUT2D eigenvalue weighted by molar-refractivity contribution is -0.135. The van der Waals surface area contributed by atoms with Gasteiger partial charge in [0.2, 0.25) is 0 Å². The lowest BCUT2D eigenvalue weighted by Crippen LogP contribution is -2.52. The summed E-state index contributed by atoms with van der Waals surface area (Å²) in [7, 11) is 0. The van der Waals surface area contributed by atoms with Gasteiger partial charge in [0.25, 0.3) is 11.8 Å². The predicted octanol–water partition coefficient (Wildman–Crippen LogP) is 3.53. The highest BCUT2D eigenvalue weighted by Gasteiger charge is 2.25. The Hall–Kier alpha value is -4.18. The maximum Gasteiger partial charge on any atom is 0.338 e. The van der Waals surface area contributed by atoms with Crippen LogP contribution in [0.25, 0.3) is 0 Å². The van der Waals surface area contributed by atoms with E-state index >= 15 is 0 Å². The molecule has 0 saturated carbocycles. The Bertz CT molecular complexity index is 1190. The molecule has 1 aliphatic heterocycles. The topological polar surface area (TPSA) is 108 Å². The fourth-order valence-electron chi connectivity index (χ4n) is 3.51. The lowest BCUT2D eigenvalue weighted by atomic mass is 10.2. The van der Waals surface area contributed by atoms with Gasteiger partial charge in [-0.2, -0.15) is 0 Å². The molecule has 10 heteroatoms. The van der Waals surface area contributed by atoms with E-state index in [4.69, 9.17) is 4.74 Å². The van der Waals surface area contributed by atoms with E-state index < -0.39 is 12.6 Å². The van der Waals surface area contributed by atoms with Crippen LogP contribution in [0.4, 0.5) is 16.2 Å². The summed E-state index contributed by atoms with van der Waals surface area (Å²) in [5, 5.41) is 7.37. The average Bonchev–Trinajstić information content (AvgIpc) is 3.43. The van der Waals surface area contributed by atoms with Gasteiger partial charge in [0.15, 0.2) is 6.61 Å². The molecule has 0 atom stereocenters. The highest BCUT2D eigenvalue weighted by Crippen LogP contribution is 2.16. The van der Waals surface area contributed by atoms with Gasteiger partial charge in [-0.05, 0) is 41.8 Å². The number of amides is 4. The summed E-state index contributed by atoms with van der Waals surface area (Å²) in [6, 6.07) is 18.8. The predicted molar refractivity (Wildman–Crippen MR) is 133 cm³/mol. The number of thiophene rings is 1. The van der Waals surface area contributed by atoms with Crippen molar-refractivity contribution >= 4 is 46.5 Å². The zero-order chi connectivity index (χ0) is 24.6. The molecule has 4 amide bonds. The van der Waals surface area contributed by atoms with Crippen molar-refractivity contribution in [2.75, 3.05) is 43.4 Å². The Labute approximate surface area is 206 Å². The number of nitrogens with zero attached hydrogens (tertiary/aromatic N) is 2. The third kappa shape index (κ3) is 6.45. The molecule has 1 aromatic heterocycles. The number of rotatable bonds is 6. The first-order valence-electron chi connectivity index (χ1n) is 11.0. The smallest absolute Gasteiger partial charge is 0.338 e. The molecule has 3 aromatic rings. The zero-order valence-electron chi connectivity index (χ0n) is 18.8. The van der Waals surface area contributed by atoms with Crippen LogP contribution in [0.5, 0.6) is 0 Å². The van der Waals surface area contributed by atoms with E-state index in [0.29, 0.717) is 42.4 Å². The summed E-state index contributed by atoms with van der Waals surface area (Å²) < 4.78 is 5.19. The van der Waals surface area contributed by atoms with Gasteiger partial charge in [-0.3, -0.25) is 9.59 Å². The highest BCUT2D eigenvalue weighted by atomic mass is 32.1. The molecule has 1 aliphatic rings. The summed E-state index contributed by atoms with van der Waals surface area (Å²) in [6.45, 7) is 1.06. The van der Waals surface area contributed by atoms with Crippen LogP contribution < -0.4 is 10.6 Å². The van der Waals surface area contributed by atoms with E-state index in [1.165, 1.54) is 17.4 Å². The Morgan fingerprint density at radius 1 is 0.800 bits per heavy atom. The largest absolute Gasteiger partial charge is 0.452 e. The van der Waals surface area contributed by atoms with Gasteiger partial charge < -0.3 is 25.2 Å². The molecule has 1 saturated heterocycles. The van der Waals surface area contributed by atoms with Crippen LogP contribution in [0, 0.1) is 0 Å². The minimum Gasteiger partial charge on any atom is -0.452 e. The zero-order valence-corrected chi connectivity index (χ0v) is 19.6. The molecule has 2 N–H and O–H groups in total. The van der Waals surface area contributed by atoms with Gasteiger partial charge in [-0.25, -0.2) is 9.59 Å². The van der Waals surface area contributed by atoms with E-state index in [2.05, 4.69) is 10.6 Å². The molecule has 0 spiro atoms. The number of piperazine rings is 1. The van der Waals surface area contributed by atoms with Gasteiger partial charge in [0.1, 0.15) is 0 Å². The molecular weight excluding hydrogens is 468 g/mol. The van der Waals surface area contributed by atoms with Crippen molar-refractivity contribution in [1.29, 1.82) is 0 Å². The molecular formula is C25H24N4O5S. The van der Waals surface area contributed by atoms with Gasteiger partial charge in [-0.1, -0.05) is 30.3 Å². The van der Waals surface area contributed by atoms with Crippen LogP contribution in [0.1, 0.15) is 20.0 Å².